The number of carbonyl (C=O) groups is 2. The molecule has 6 nitrogen and oxygen atoms in total. The van der Waals surface area contributed by atoms with Crippen LogP contribution in [0.25, 0.3) is 0 Å². The van der Waals surface area contributed by atoms with Gasteiger partial charge < -0.3 is 10.4 Å². The number of anilines is 1. The first-order chi connectivity index (χ1) is 16.5. The van der Waals surface area contributed by atoms with Crippen molar-refractivity contribution >= 4 is 51.4 Å². The molecule has 0 aliphatic carbocycles. The number of amides is 2. The van der Waals surface area contributed by atoms with Crippen molar-refractivity contribution in [1.29, 1.82) is 0 Å². The van der Waals surface area contributed by atoms with Crippen LogP contribution < -0.4 is 10.7 Å². The van der Waals surface area contributed by atoms with E-state index in [9.17, 15) is 14.0 Å². The van der Waals surface area contributed by atoms with E-state index in [2.05, 4.69) is 31.8 Å². The topological polar surface area (TPSA) is 90.8 Å². The van der Waals surface area contributed by atoms with Crippen molar-refractivity contribution in [2.45, 2.75) is 12.2 Å². The fourth-order valence-corrected chi connectivity index (χ4v) is 4.20. The molecule has 0 radical (unpaired) electrons. The maximum atomic E-state index is 13.3. The smallest absolute Gasteiger partial charge is 0.273 e. The Morgan fingerprint density at radius 3 is 2.59 bits per heavy atom. The van der Waals surface area contributed by atoms with Gasteiger partial charge in [-0.3, -0.25) is 9.59 Å². The summed E-state index contributed by atoms with van der Waals surface area (Å²) in [5, 5.41) is 15.5. The highest BCUT2D eigenvalue weighted by Crippen LogP contribution is 2.22. The first-order valence-electron chi connectivity index (χ1n) is 10.4. The Morgan fingerprint density at radius 2 is 1.85 bits per heavy atom. The maximum Gasteiger partial charge on any atom is 0.273 e. The third-order valence-corrected chi connectivity index (χ3v) is 6.24. The van der Waals surface area contributed by atoms with Gasteiger partial charge in [0.05, 0.1) is 17.5 Å². The van der Waals surface area contributed by atoms with Crippen LogP contribution in [-0.2, 0) is 5.75 Å². The van der Waals surface area contributed by atoms with E-state index < -0.39 is 11.7 Å². The molecule has 3 aromatic rings. The van der Waals surface area contributed by atoms with Crippen molar-refractivity contribution < 1.29 is 19.1 Å². The fraction of sp³-hybridized carbons (Fsp3) is 0.160. The predicted molar refractivity (Wildman–Crippen MR) is 138 cm³/mol. The van der Waals surface area contributed by atoms with Crippen molar-refractivity contribution in [3.8, 4) is 0 Å². The molecule has 0 aliphatic rings. The van der Waals surface area contributed by atoms with Gasteiger partial charge in [-0.05, 0) is 65.8 Å². The second kappa shape index (κ2) is 13.0. The molecule has 176 valence electrons. The average molecular weight is 544 g/mol. The fourth-order valence-electron chi connectivity index (χ4n) is 2.93. The Morgan fingerprint density at radius 1 is 1.06 bits per heavy atom. The normalized spacial score (nSPS) is 10.9. The van der Waals surface area contributed by atoms with Crippen LogP contribution in [0.1, 0.15) is 38.3 Å². The summed E-state index contributed by atoms with van der Waals surface area (Å²) in [5.41, 5.74) is 4.99. The summed E-state index contributed by atoms with van der Waals surface area (Å²) < 4.78 is 13.9. The molecule has 0 fully saturated rings. The molecule has 3 N–H and O–H groups in total. The minimum atomic E-state index is -0.528. The van der Waals surface area contributed by atoms with Gasteiger partial charge in [-0.25, -0.2) is 9.82 Å². The first-order valence-corrected chi connectivity index (χ1v) is 12.4. The van der Waals surface area contributed by atoms with Crippen molar-refractivity contribution in [3.05, 3.63) is 99.3 Å². The van der Waals surface area contributed by atoms with Gasteiger partial charge in [-0.1, -0.05) is 40.2 Å². The van der Waals surface area contributed by atoms with Gasteiger partial charge in [0.25, 0.3) is 11.8 Å². The number of thioether (sulfide) groups is 1. The first kappa shape index (κ1) is 25.6. The van der Waals surface area contributed by atoms with E-state index in [0.29, 0.717) is 21.3 Å². The van der Waals surface area contributed by atoms with E-state index in [1.165, 1.54) is 18.3 Å². The zero-order chi connectivity index (χ0) is 24.3. The standard InChI is InChI=1S/C25H23BrFN3O3S/c26-20-9-10-23(22(14-20)25(33)30-28-15-18-3-1-4-21(27)13-18)29-24(32)19-7-5-17(6-8-19)16-34-12-2-11-31/h1,3-10,13-15,31H,2,11-12,16H2,(H,29,32)(H,30,33). The molecule has 34 heavy (non-hydrogen) atoms. The van der Waals surface area contributed by atoms with E-state index >= 15 is 0 Å². The van der Waals surface area contributed by atoms with Crippen molar-refractivity contribution in [3.63, 3.8) is 0 Å². The molecule has 0 saturated carbocycles. The molecule has 0 bridgehead atoms. The number of aliphatic hydroxyl groups excluding tert-OH is 1. The molecule has 0 aromatic heterocycles. The lowest BCUT2D eigenvalue weighted by Crippen LogP contribution is -2.21. The summed E-state index contributed by atoms with van der Waals surface area (Å²) in [6.07, 6.45) is 2.09. The second-order valence-corrected chi connectivity index (χ2v) is 9.25. The maximum absolute atomic E-state index is 13.3. The second-order valence-electron chi connectivity index (χ2n) is 7.22. The number of carbonyl (C=O) groups excluding carboxylic acids is 2. The summed E-state index contributed by atoms with van der Waals surface area (Å²) in [6.45, 7) is 0.182. The van der Waals surface area contributed by atoms with Crippen molar-refractivity contribution in [1.82, 2.24) is 5.43 Å². The van der Waals surface area contributed by atoms with Crippen LogP contribution in [-0.4, -0.2) is 35.5 Å². The summed E-state index contributed by atoms with van der Waals surface area (Å²) in [6, 6.07) is 18.0. The van der Waals surface area contributed by atoms with Crippen LogP contribution in [0, 0.1) is 5.82 Å². The van der Waals surface area contributed by atoms with E-state index in [1.807, 2.05) is 12.1 Å². The highest BCUT2D eigenvalue weighted by atomic mass is 79.9. The van der Waals surface area contributed by atoms with Gasteiger partial charge in [0.15, 0.2) is 0 Å². The number of halogens is 2. The molecule has 0 unspecified atom stereocenters. The summed E-state index contributed by atoms with van der Waals surface area (Å²) in [5.74, 6) is 0.397. The summed E-state index contributed by atoms with van der Waals surface area (Å²) in [7, 11) is 0. The number of hydrazone groups is 1. The molecule has 0 atom stereocenters. The van der Waals surface area contributed by atoms with Crippen LogP contribution in [0.15, 0.2) is 76.3 Å². The van der Waals surface area contributed by atoms with Gasteiger partial charge in [0.2, 0.25) is 0 Å². The minimum Gasteiger partial charge on any atom is -0.396 e. The Labute approximate surface area is 209 Å². The number of hydrogen-bond acceptors (Lipinski definition) is 5. The lowest BCUT2D eigenvalue weighted by Gasteiger charge is -2.11. The third-order valence-electron chi connectivity index (χ3n) is 4.63. The number of aliphatic hydroxyl groups is 1. The third kappa shape index (κ3) is 7.79. The largest absolute Gasteiger partial charge is 0.396 e. The van der Waals surface area contributed by atoms with Gasteiger partial charge in [0, 0.05) is 22.4 Å². The molecule has 0 spiro atoms. The van der Waals surface area contributed by atoms with Gasteiger partial charge in [0.1, 0.15) is 5.82 Å². The average Bonchev–Trinajstić information content (AvgIpc) is 2.83. The zero-order valence-electron chi connectivity index (χ0n) is 18.1. The van der Waals surface area contributed by atoms with Crippen LogP contribution in [0.2, 0.25) is 0 Å². The van der Waals surface area contributed by atoms with E-state index in [0.717, 1.165) is 23.5 Å². The Bertz CT molecular complexity index is 1170. The highest BCUT2D eigenvalue weighted by molar-refractivity contribution is 9.10. The summed E-state index contributed by atoms with van der Waals surface area (Å²) >= 11 is 5.06. The van der Waals surface area contributed by atoms with Crippen LogP contribution >= 0.6 is 27.7 Å². The Hall–Kier alpha value is -3.01. The summed E-state index contributed by atoms with van der Waals surface area (Å²) in [4.78, 5) is 25.5. The zero-order valence-corrected chi connectivity index (χ0v) is 20.5. The molecule has 0 aliphatic heterocycles. The Kier molecular flexibility index (Phi) is 9.81. The number of rotatable bonds is 10. The highest BCUT2D eigenvalue weighted by Gasteiger charge is 2.15. The predicted octanol–water partition coefficient (Wildman–Crippen LogP) is 5.22. The molecule has 3 rings (SSSR count). The number of nitrogens with zero attached hydrogens (tertiary/aromatic N) is 1. The van der Waals surface area contributed by atoms with Gasteiger partial charge >= 0.3 is 0 Å². The molecule has 3 aromatic carbocycles. The van der Waals surface area contributed by atoms with E-state index in [-0.39, 0.29) is 18.1 Å². The van der Waals surface area contributed by atoms with Crippen LogP contribution in [0.3, 0.4) is 0 Å². The molecule has 0 saturated heterocycles. The lowest BCUT2D eigenvalue weighted by atomic mass is 10.1. The van der Waals surface area contributed by atoms with Crippen LogP contribution in [0.4, 0.5) is 10.1 Å². The molecular weight excluding hydrogens is 521 g/mol. The van der Waals surface area contributed by atoms with Gasteiger partial charge in [-0.15, -0.1) is 0 Å². The molecule has 9 heteroatoms. The molecule has 0 heterocycles. The Balaban J connectivity index is 1.65. The van der Waals surface area contributed by atoms with Crippen molar-refractivity contribution in [2.24, 2.45) is 5.10 Å². The minimum absolute atomic E-state index is 0.182. The van der Waals surface area contributed by atoms with Crippen molar-refractivity contribution in [2.75, 3.05) is 17.7 Å². The quantitative estimate of drug-likeness (QED) is 0.186. The number of nitrogens with one attached hydrogen (secondary N) is 2. The van der Waals surface area contributed by atoms with E-state index in [1.54, 1.807) is 54.2 Å². The van der Waals surface area contributed by atoms with Gasteiger partial charge in [-0.2, -0.15) is 16.9 Å². The number of benzene rings is 3. The molecule has 2 amide bonds. The SMILES string of the molecule is O=C(Nc1ccc(Br)cc1C(=O)NN=Cc1cccc(F)c1)c1ccc(CSCCCO)cc1. The monoisotopic (exact) mass is 543 g/mol. The lowest BCUT2D eigenvalue weighted by molar-refractivity contribution is 0.0956. The van der Waals surface area contributed by atoms with E-state index in [4.69, 9.17) is 5.11 Å². The number of hydrogen-bond donors (Lipinski definition) is 3. The van der Waals surface area contributed by atoms with Crippen LogP contribution in [0.5, 0.6) is 0 Å². The molecular formula is C25H23BrFN3O3S.